The van der Waals surface area contributed by atoms with Crippen LogP contribution in [0.2, 0.25) is 0 Å². The van der Waals surface area contributed by atoms with E-state index in [1.54, 1.807) is 6.07 Å². The first-order valence-corrected chi connectivity index (χ1v) is 4.13. The first-order chi connectivity index (χ1) is 5.79. The summed E-state index contributed by atoms with van der Waals surface area (Å²) in [6.45, 7) is 0.437. The second kappa shape index (κ2) is 2.71. The molecule has 0 unspecified atom stereocenters. The van der Waals surface area contributed by atoms with Gasteiger partial charge in [-0.25, -0.2) is 9.97 Å². The molecule has 4 heteroatoms. The third kappa shape index (κ3) is 1.38. The molecule has 0 aromatic carbocycles. The Morgan fingerprint density at radius 3 is 2.75 bits per heavy atom. The lowest BCUT2D eigenvalue weighted by molar-refractivity contribution is 0.872. The number of hydrogen-bond donors (Lipinski definition) is 2. The van der Waals surface area contributed by atoms with E-state index in [-0.39, 0.29) is 0 Å². The molecule has 0 aliphatic heterocycles. The molecule has 0 bridgehead atoms. The minimum Gasteiger partial charge on any atom is -0.384 e. The molecule has 1 aromatic heterocycles. The molecule has 0 spiro atoms. The quantitative estimate of drug-likeness (QED) is 0.663. The lowest BCUT2D eigenvalue weighted by Gasteiger charge is -2.01. The average Bonchev–Trinajstić information content (AvgIpc) is 2.85. The van der Waals surface area contributed by atoms with Crippen LogP contribution in [0, 0.1) is 0 Å². The van der Waals surface area contributed by atoms with Crippen LogP contribution < -0.4 is 11.5 Å². The van der Waals surface area contributed by atoms with Gasteiger partial charge in [-0.3, -0.25) is 0 Å². The van der Waals surface area contributed by atoms with Gasteiger partial charge in [0.2, 0.25) is 0 Å². The van der Waals surface area contributed by atoms with Crippen LogP contribution in [0.15, 0.2) is 6.07 Å². The van der Waals surface area contributed by atoms with Crippen LogP contribution in [0.1, 0.15) is 30.3 Å². The van der Waals surface area contributed by atoms with Crippen LogP contribution in [-0.4, -0.2) is 9.97 Å². The molecule has 64 valence electrons. The molecule has 1 fully saturated rings. The van der Waals surface area contributed by atoms with E-state index in [1.165, 1.54) is 12.8 Å². The third-order valence-corrected chi connectivity index (χ3v) is 1.97. The van der Waals surface area contributed by atoms with Crippen molar-refractivity contribution in [3.63, 3.8) is 0 Å². The Hall–Kier alpha value is -1.16. The third-order valence-electron chi connectivity index (χ3n) is 1.97. The van der Waals surface area contributed by atoms with Crippen molar-refractivity contribution < 1.29 is 0 Å². The fraction of sp³-hybridized carbons (Fsp3) is 0.500. The van der Waals surface area contributed by atoms with Crippen LogP contribution in [0.4, 0.5) is 5.82 Å². The molecule has 0 amide bonds. The zero-order valence-electron chi connectivity index (χ0n) is 6.83. The lowest BCUT2D eigenvalue weighted by Crippen LogP contribution is -2.06. The molecule has 0 saturated heterocycles. The van der Waals surface area contributed by atoms with Gasteiger partial charge in [0, 0.05) is 18.5 Å². The first kappa shape index (κ1) is 7.49. The summed E-state index contributed by atoms with van der Waals surface area (Å²) in [6, 6.07) is 1.73. The molecule has 12 heavy (non-hydrogen) atoms. The van der Waals surface area contributed by atoms with Gasteiger partial charge >= 0.3 is 0 Å². The molecule has 1 saturated carbocycles. The molecule has 1 aromatic rings. The summed E-state index contributed by atoms with van der Waals surface area (Å²) in [5.41, 5.74) is 11.9. The summed E-state index contributed by atoms with van der Waals surface area (Å²) in [5.74, 6) is 1.95. The van der Waals surface area contributed by atoms with Crippen molar-refractivity contribution in [3.8, 4) is 0 Å². The molecule has 0 atom stereocenters. The van der Waals surface area contributed by atoms with Gasteiger partial charge in [0.25, 0.3) is 0 Å². The minimum absolute atomic E-state index is 0.437. The summed E-state index contributed by atoms with van der Waals surface area (Å²) in [4.78, 5) is 8.45. The SMILES string of the molecule is NCc1cc(N)nc(C2CC2)n1. The second-order valence-corrected chi connectivity index (χ2v) is 3.12. The van der Waals surface area contributed by atoms with E-state index in [0.29, 0.717) is 18.3 Å². The van der Waals surface area contributed by atoms with E-state index < -0.39 is 0 Å². The Kier molecular flexibility index (Phi) is 1.69. The fourth-order valence-electron chi connectivity index (χ4n) is 1.17. The van der Waals surface area contributed by atoms with E-state index >= 15 is 0 Å². The number of nitrogen functional groups attached to an aromatic ring is 1. The Morgan fingerprint density at radius 2 is 2.17 bits per heavy atom. The summed E-state index contributed by atoms with van der Waals surface area (Å²) < 4.78 is 0. The van der Waals surface area contributed by atoms with Crippen molar-refractivity contribution in [2.45, 2.75) is 25.3 Å². The molecule has 4 nitrogen and oxygen atoms in total. The van der Waals surface area contributed by atoms with Crippen molar-refractivity contribution >= 4 is 5.82 Å². The van der Waals surface area contributed by atoms with Crippen molar-refractivity contribution in [2.24, 2.45) is 5.73 Å². The molecule has 2 rings (SSSR count). The van der Waals surface area contributed by atoms with E-state index in [9.17, 15) is 0 Å². The van der Waals surface area contributed by atoms with Gasteiger partial charge in [0.05, 0.1) is 5.69 Å². The summed E-state index contributed by atoms with van der Waals surface area (Å²) in [5, 5.41) is 0. The van der Waals surface area contributed by atoms with Crippen molar-refractivity contribution in [1.29, 1.82) is 0 Å². The summed E-state index contributed by atoms with van der Waals surface area (Å²) in [6.07, 6.45) is 2.38. The van der Waals surface area contributed by atoms with Gasteiger partial charge < -0.3 is 11.5 Å². The smallest absolute Gasteiger partial charge is 0.134 e. The van der Waals surface area contributed by atoms with Crippen LogP contribution in [0.25, 0.3) is 0 Å². The van der Waals surface area contributed by atoms with E-state index in [1.807, 2.05) is 0 Å². The van der Waals surface area contributed by atoms with Gasteiger partial charge in [-0.15, -0.1) is 0 Å². The standard InChI is InChI=1S/C8H12N4/c9-4-6-3-7(10)12-8(11-6)5-1-2-5/h3,5H,1-2,4,9H2,(H2,10,11,12). The minimum atomic E-state index is 0.437. The molecule has 1 heterocycles. The molecular weight excluding hydrogens is 152 g/mol. The zero-order valence-corrected chi connectivity index (χ0v) is 6.83. The first-order valence-electron chi connectivity index (χ1n) is 4.13. The molecule has 4 N–H and O–H groups in total. The van der Waals surface area contributed by atoms with Crippen molar-refractivity contribution in [1.82, 2.24) is 9.97 Å². The van der Waals surface area contributed by atoms with E-state index in [0.717, 1.165) is 11.5 Å². The van der Waals surface area contributed by atoms with E-state index in [2.05, 4.69) is 9.97 Å². The maximum atomic E-state index is 5.59. The van der Waals surface area contributed by atoms with Gasteiger partial charge in [0.15, 0.2) is 0 Å². The second-order valence-electron chi connectivity index (χ2n) is 3.12. The molecule has 1 aliphatic carbocycles. The normalized spacial score (nSPS) is 16.4. The highest BCUT2D eigenvalue weighted by Gasteiger charge is 2.26. The van der Waals surface area contributed by atoms with Crippen LogP contribution in [0.3, 0.4) is 0 Å². The van der Waals surface area contributed by atoms with Gasteiger partial charge in [-0.2, -0.15) is 0 Å². The number of rotatable bonds is 2. The number of anilines is 1. The molecule has 1 aliphatic rings. The highest BCUT2D eigenvalue weighted by molar-refractivity contribution is 5.31. The van der Waals surface area contributed by atoms with Gasteiger partial charge in [0.1, 0.15) is 11.6 Å². The average molecular weight is 164 g/mol. The fourth-order valence-corrected chi connectivity index (χ4v) is 1.17. The number of nitrogens with zero attached hydrogens (tertiary/aromatic N) is 2. The van der Waals surface area contributed by atoms with Crippen LogP contribution in [-0.2, 0) is 6.54 Å². The zero-order chi connectivity index (χ0) is 8.55. The van der Waals surface area contributed by atoms with Crippen molar-refractivity contribution in [3.05, 3.63) is 17.6 Å². The predicted molar refractivity (Wildman–Crippen MR) is 46.3 cm³/mol. The maximum Gasteiger partial charge on any atom is 0.134 e. The van der Waals surface area contributed by atoms with Crippen LogP contribution >= 0.6 is 0 Å². The maximum absolute atomic E-state index is 5.59. The summed E-state index contributed by atoms with van der Waals surface area (Å²) >= 11 is 0. The topological polar surface area (TPSA) is 77.8 Å². The molecular formula is C8H12N4. The highest BCUT2D eigenvalue weighted by atomic mass is 15.0. The summed E-state index contributed by atoms with van der Waals surface area (Å²) in [7, 11) is 0. The Balaban J connectivity index is 2.34. The largest absolute Gasteiger partial charge is 0.384 e. The monoisotopic (exact) mass is 164 g/mol. The van der Waals surface area contributed by atoms with Gasteiger partial charge in [-0.1, -0.05) is 0 Å². The van der Waals surface area contributed by atoms with Crippen molar-refractivity contribution in [2.75, 3.05) is 5.73 Å². The highest BCUT2D eigenvalue weighted by Crippen LogP contribution is 2.38. The van der Waals surface area contributed by atoms with Crippen LogP contribution in [0.5, 0.6) is 0 Å². The predicted octanol–water partition coefficient (Wildman–Crippen LogP) is 0.395. The Bertz CT molecular complexity index is 293. The number of hydrogen-bond acceptors (Lipinski definition) is 4. The lowest BCUT2D eigenvalue weighted by atomic mass is 10.3. The Morgan fingerprint density at radius 1 is 1.42 bits per heavy atom. The Labute approximate surface area is 71.0 Å². The number of nitrogens with two attached hydrogens (primary N) is 2. The number of aromatic nitrogens is 2. The molecule has 0 radical (unpaired) electrons. The van der Waals surface area contributed by atoms with E-state index in [4.69, 9.17) is 11.5 Å². The van der Waals surface area contributed by atoms with Gasteiger partial charge in [-0.05, 0) is 12.8 Å².